The lowest BCUT2D eigenvalue weighted by Gasteiger charge is -2.46. The van der Waals surface area contributed by atoms with Crippen LogP contribution in [-0.4, -0.2) is 25.8 Å². The van der Waals surface area contributed by atoms with Crippen molar-refractivity contribution in [3.63, 3.8) is 0 Å². The zero-order valence-corrected chi connectivity index (χ0v) is 13.1. The predicted molar refractivity (Wildman–Crippen MR) is 74.5 cm³/mol. The summed E-state index contributed by atoms with van der Waals surface area (Å²) in [5, 5.41) is 0. The van der Waals surface area contributed by atoms with Gasteiger partial charge in [-0.3, -0.25) is 4.79 Å². The Labute approximate surface area is 112 Å². The largest absolute Gasteiger partial charge is 0.465 e. The summed E-state index contributed by atoms with van der Waals surface area (Å²) in [5.41, 5.74) is -0.726. The maximum Gasteiger partial charge on any atom is 0.315 e. The van der Waals surface area contributed by atoms with Crippen molar-refractivity contribution in [3.05, 3.63) is 0 Å². The van der Waals surface area contributed by atoms with Crippen LogP contribution in [0.2, 0.25) is 0 Å². The molecule has 0 radical (unpaired) electrons. The first-order valence-electron chi connectivity index (χ1n) is 7.05. The number of esters is 1. The summed E-state index contributed by atoms with van der Waals surface area (Å²) in [7, 11) is 0. The fourth-order valence-corrected chi connectivity index (χ4v) is 2.55. The molecule has 0 saturated carbocycles. The van der Waals surface area contributed by atoms with Gasteiger partial charge < -0.3 is 9.47 Å². The predicted octanol–water partition coefficient (Wildman–Crippen LogP) is 3.66. The van der Waals surface area contributed by atoms with Gasteiger partial charge in [-0.05, 0) is 31.6 Å². The molecule has 1 atom stereocenters. The van der Waals surface area contributed by atoms with Gasteiger partial charge in [0.15, 0.2) is 0 Å². The molecule has 0 aliphatic carbocycles. The molecule has 0 rings (SSSR count). The van der Waals surface area contributed by atoms with Crippen molar-refractivity contribution in [2.45, 2.75) is 54.9 Å². The van der Waals surface area contributed by atoms with Crippen molar-refractivity contribution in [1.29, 1.82) is 0 Å². The second-order valence-electron chi connectivity index (χ2n) is 5.72. The highest BCUT2D eigenvalue weighted by Crippen LogP contribution is 2.48. The molecule has 0 aliphatic rings. The van der Waals surface area contributed by atoms with Crippen LogP contribution in [0.25, 0.3) is 0 Å². The van der Waals surface area contributed by atoms with Crippen LogP contribution in [0.3, 0.4) is 0 Å². The summed E-state index contributed by atoms with van der Waals surface area (Å²) in [4.78, 5) is 12.5. The maximum atomic E-state index is 12.5. The van der Waals surface area contributed by atoms with E-state index < -0.39 is 5.41 Å². The minimum Gasteiger partial charge on any atom is -0.465 e. The van der Waals surface area contributed by atoms with Gasteiger partial charge in [-0.1, -0.05) is 34.6 Å². The molecule has 0 spiro atoms. The van der Waals surface area contributed by atoms with Crippen LogP contribution < -0.4 is 0 Å². The van der Waals surface area contributed by atoms with E-state index in [-0.39, 0.29) is 17.3 Å². The first-order valence-corrected chi connectivity index (χ1v) is 7.05. The molecule has 0 aliphatic heterocycles. The minimum atomic E-state index is -0.576. The Morgan fingerprint density at radius 1 is 1.11 bits per heavy atom. The van der Waals surface area contributed by atoms with Crippen molar-refractivity contribution >= 4 is 5.97 Å². The van der Waals surface area contributed by atoms with Crippen LogP contribution in [0.4, 0.5) is 0 Å². The molecule has 1 unspecified atom stereocenters. The summed E-state index contributed by atoms with van der Waals surface area (Å²) in [6.45, 7) is 15.8. The van der Waals surface area contributed by atoms with E-state index in [1.165, 1.54) is 0 Å². The van der Waals surface area contributed by atoms with Crippen LogP contribution in [-0.2, 0) is 14.3 Å². The maximum absolute atomic E-state index is 12.5. The fourth-order valence-electron chi connectivity index (χ4n) is 2.55. The number of rotatable bonds is 8. The summed E-state index contributed by atoms with van der Waals surface area (Å²) < 4.78 is 11.0. The van der Waals surface area contributed by atoms with Crippen LogP contribution >= 0.6 is 0 Å². The molecule has 0 N–H and O–H groups in total. The monoisotopic (exact) mass is 258 g/mol. The molecule has 0 saturated heterocycles. The minimum absolute atomic E-state index is 0.125. The highest BCUT2D eigenvalue weighted by Gasteiger charge is 2.53. The van der Waals surface area contributed by atoms with E-state index >= 15 is 0 Å². The lowest BCUT2D eigenvalue weighted by Crippen LogP contribution is -2.52. The molecule has 0 fully saturated rings. The Morgan fingerprint density at radius 3 is 2.00 bits per heavy atom. The Balaban J connectivity index is 5.49. The van der Waals surface area contributed by atoms with Crippen molar-refractivity contribution in [1.82, 2.24) is 0 Å². The van der Waals surface area contributed by atoms with Gasteiger partial charge in [0.2, 0.25) is 0 Å². The van der Waals surface area contributed by atoms with Crippen molar-refractivity contribution in [2.75, 3.05) is 19.8 Å². The summed E-state index contributed by atoms with van der Waals surface area (Å²) in [6.07, 6.45) is 0.914. The summed E-state index contributed by atoms with van der Waals surface area (Å²) >= 11 is 0. The Morgan fingerprint density at radius 2 is 1.67 bits per heavy atom. The standard InChI is InChI=1S/C15H30O3/c1-8-14(6,7)15(12(4)5,11-17-9-2)13(16)18-10-3/h12H,8-11H2,1-7H3. The van der Waals surface area contributed by atoms with E-state index in [2.05, 4.69) is 34.6 Å². The van der Waals surface area contributed by atoms with E-state index in [4.69, 9.17) is 9.47 Å². The zero-order valence-electron chi connectivity index (χ0n) is 13.1. The smallest absolute Gasteiger partial charge is 0.315 e. The Hall–Kier alpha value is -0.570. The molecule has 0 heterocycles. The quantitative estimate of drug-likeness (QED) is 0.623. The van der Waals surface area contributed by atoms with Crippen LogP contribution in [0.5, 0.6) is 0 Å². The number of carbonyl (C=O) groups is 1. The molecule has 0 aromatic rings. The fraction of sp³-hybridized carbons (Fsp3) is 0.933. The third-order valence-corrected chi connectivity index (χ3v) is 4.25. The first-order chi connectivity index (χ1) is 8.30. The van der Waals surface area contributed by atoms with Crippen molar-refractivity contribution in [2.24, 2.45) is 16.7 Å². The third-order valence-electron chi connectivity index (χ3n) is 4.25. The highest BCUT2D eigenvalue weighted by atomic mass is 16.5. The van der Waals surface area contributed by atoms with E-state index in [0.29, 0.717) is 19.8 Å². The summed E-state index contributed by atoms with van der Waals surface area (Å²) in [6, 6.07) is 0. The number of ether oxygens (including phenoxy) is 2. The number of hydrogen-bond donors (Lipinski definition) is 0. The number of hydrogen-bond acceptors (Lipinski definition) is 3. The molecule has 3 nitrogen and oxygen atoms in total. The van der Waals surface area contributed by atoms with E-state index in [0.717, 1.165) is 6.42 Å². The van der Waals surface area contributed by atoms with Crippen molar-refractivity contribution < 1.29 is 14.3 Å². The lowest BCUT2D eigenvalue weighted by atomic mass is 9.58. The summed E-state index contributed by atoms with van der Waals surface area (Å²) in [5.74, 6) is 0.0540. The SMILES string of the molecule is CCOCC(C(=O)OCC)(C(C)C)C(C)(C)CC. The molecular formula is C15H30O3. The third kappa shape index (κ3) is 3.25. The molecule has 0 amide bonds. The van der Waals surface area contributed by atoms with Crippen LogP contribution in [0, 0.1) is 16.7 Å². The molecule has 18 heavy (non-hydrogen) atoms. The van der Waals surface area contributed by atoms with Crippen molar-refractivity contribution in [3.8, 4) is 0 Å². The average Bonchev–Trinajstić information content (AvgIpc) is 2.29. The normalized spacial score (nSPS) is 15.6. The molecule has 0 bridgehead atoms. The van der Waals surface area contributed by atoms with Gasteiger partial charge in [-0.25, -0.2) is 0 Å². The molecule has 0 aromatic heterocycles. The van der Waals surface area contributed by atoms with E-state index in [1.807, 2.05) is 13.8 Å². The molecule has 108 valence electrons. The molecule has 0 aromatic carbocycles. The van der Waals surface area contributed by atoms with E-state index in [9.17, 15) is 4.79 Å². The average molecular weight is 258 g/mol. The van der Waals surface area contributed by atoms with Gasteiger partial charge in [0.25, 0.3) is 0 Å². The van der Waals surface area contributed by atoms with Gasteiger partial charge in [-0.2, -0.15) is 0 Å². The number of carbonyl (C=O) groups excluding carboxylic acids is 1. The van der Waals surface area contributed by atoms with E-state index in [1.54, 1.807) is 0 Å². The molecular weight excluding hydrogens is 228 g/mol. The molecule has 3 heteroatoms. The first kappa shape index (κ1) is 17.4. The zero-order chi connectivity index (χ0) is 14.4. The highest BCUT2D eigenvalue weighted by molar-refractivity contribution is 5.78. The van der Waals surface area contributed by atoms with Gasteiger partial charge in [0, 0.05) is 6.61 Å². The Bertz CT molecular complexity index is 258. The van der Waals surface area contributed by atoms with Gasteiger partial charge in [-0.15, -0.1) is 0 Å². The van der Waals surface area contributed by atoms with Crippen LogP contribution in [0.15, 0.2) is 0 Å². The second kappa shape index (κ2) is 7.13. The van der Waals surface area contributed by atoms with Crippen LogP contribution in [0.1, 0.15) is 54.9 Å². The van der Waals surface area contributed by atoms with Gasteiger partial charge in [0.1, 0.15) is 0 Å². The van der Waals surface area contributed by atoms with Gasteiger partial charge in [0.05, 0.1) is 18.6 Å². The van der Waals surface area contributed by atoms with Gasteiger partial charge >= 0.3 is 5.97 Å². The lowest BCUT2D eigenvalue weighted by molar-refractivity contribution is -0.177. The Kier molecular flexibility index (Phi) is 6.90. The topological polar surface area (TPSA) is 35.5 Å². The second-order valence-corrected chi connectivity index (χ2v) is 5.72.